The second kappa shape index (κ2) is 2.65. The molecule has 1 N–H and O–H groups in total. The van der Waals surface area contributed by atoms with Crippen molar-refractivity contribution >= 4 is 5.69 Å². The quantitative estimate of drug-likeness (QED) is 0.657. The number of hydrogen-bond donors (Lipinski definition) is 1. The van der Waals surface area contributed by atoms with Gasteiger partial charge in [-0.1, -0.05) is 6.07 Å². The molecule has 0 fully saturated rings. The summed E-state index contributed by atoms with van der Waals surface area (Å²) in [6.07, 6.45) is -0.512. The highest BCUT2D eigenvalue weighted by atomic mass is 19.3. The van der Waals surface area contributed by atoms with Gasteiger partial charge in [0.1, 0.15) is 5.82 Å². The monoisotopic (exact) mass is 187 g/mol. The first-order chi connectivity index (χ1) is 6.08. The number of hydrogen-bond acceptors (Lipinski definition) is 1. The summed E-state index contributed by atoms with van der Waals surface area (Å²) in [5.74, 6) is -3.40. The van der Waals surface area contributed by atoms with Gasteiger partial charge in [0.15, 0.2) is 0 Å². The molecule has 1 aromatic rings. The molecule has 1 nitrogen and oxygen atoms in total. The van der Waals surface area contributed by atoms with Crippen LogP contribution in [0.3, 0.4) is 0 Å². The zero-order valence-electron chi connectivity index (χ0n) is 6.78. The van der Waals surface area contributed by atoms with E-state index in [0.717, 1.165) is 0 Å². The number of rotatable bonds is 0. The third-order valence-corrected chi connectivity index (χ3v) is 2.09. The Morgan fingerprint density at radius 3 is 2.85 bits per heavy atom. The molecular weight excluding hydrogens is 179 g/mol. The Kier molecular flexibility index (Phi) is 1.71. The maximum Gasteiger partial charge on any atom is 0.269 e. The van der Waals surface area contributed by atoms with Gasteiger partial charge in [-0.15, -0.1) is 0 Å². The Labute approximate surface area is 73.6 Å². The number of nitrogens with one attached hydrogen (secondary N) is 1. The van der Waals surface area contributed by atoms with Gasteiger partial charge in [-0.25, -0.2) is 13.2 Å². The molecule has 0 saturated heterocycles. The van der Waals surface area contributed by atoms with Crippen LogP contribution in [0.1, 0.15) is 5.56 Å². The molecule has 1 aliphatic rings. The third-order valence-electron chi connectivity index (χ3n) is 2.09. The lowest BCUT2D eigenvalue weighted by molar-refractivity contribution is 0.0120. The first kappa shape index (κ1) is 8.41. The van der Waals surface area contributed by atoms with Gasteiger partial charge in [-0.05, 0) is 12.1 Å². The van der Waals surface area contributed by atoms with Crippen molar-refractivity contribution in [1.82, 2.24) is 0 Å². The van der Waals surface area contributed by atoms with Crippen LogP contribution in [0.4, 0.5) is 18.9 Å². The fraction of sp³-hybridized carbons (Fsp3) is 0.333. The Hall–Kier alpha value is -1.19. The first-order valence-corrected chi connectivity index (χ1v) is 3.98. The van der Waals surface area contributed by atoms with E-state index in [4.69, 9.17) is 0 Å². The predicted molar refractivity (Wildman–Crippen MR) is 43.5 cm³/mol. The molecule has 1 heterocycles. The molecule has 0 saturated carbocycles. The predicted octanol–water partition coefficient (Wildman–Crippen LogP) is 2.43. The molecule has 0 aromatic heterocycles. The molecule has 4 heteroatoms. The second-order valence-corrected chi connectivity index (χ2v) is 3.15. The van der Waals surface area contributed by atoms with E-state index < -0.39 is 24.7 Å². The van der Waals surface area contributed by atoms with Gasteiger partial charge < -0.3 is 5.32 Å². The second-order valence-electron chi connectivity index (χ2n) is 3.15. The Balaban J connectivity index is 2.44. The van der Waals surface area contributed by atoms with Gasteiger partial charge in [-0.3, -0.25) is 0 Å². The van der Waals surface area contributed by atoms with Gasteiger partial charge in [-0.2, -0.15) is 0 Å². The molecule has 0 spiro atoms. The molecule has 0 radical (unpaired) electrons. The fourth-order valence-corrected chi connectivity index (χ4v) is 1.45. The molecule has 0 atom stereocenters. The van der Waals surface area contributed by atoms with Gasteiger partial charge in [0.2, 0.25) is 0 Å². The molecule has 2 rings (SSSR count). The van der Waals surface area contributed by atoms with Crippen molar-refractivity contribution in [2.45, 2.75) is 12.3 Å². The van der Waals surface area contributed by atoms with Crippen LogP contribution in [0.2, 0.25) is 0 Å². The van der Waals surface area contributed by atoms with Crippen molar-refractivity contribution < 1.29 is 13.2 Å². The van der Waals surface area contributed by atoms with Gasteiger partial charge in [0.25, 0.3) is 5.92 Å². The fourth-order valence-electron chi connectivity index (χ4n) is 1.45. The Morgan fingerprint density at radius 1 is 1.31 bits per heavy atom. The van der Waals surface area contributed by atoms with E-state index >= 15 is 0 Å². The van der Waals surface area contributed by atoms with E-state index in [1.165, 1.54) is 12.1 Å². The zero-order valence-corrected chi connectivity index (χ0v) is 6.78. The average molecular weight is 187 g/mol. The van der Waals surface area contributed by atoms with E-state index in [-0.39, 0.29) is 5.56 Å². The normalized spacial score (nSPS) is 19.0. The molecule has 1 aromatic carbocycles. The molecule has 0 bridgehead atoms. The van der Waals surface area contributed by atoms with Crippen molar-refractivity contribution in [3.8, 4) is 0 Å². The van der Waals surface area contributed by atoms with Crippen LogP contribution in [-0.4, -0.2) is 12.5 Å². The van der Waals surface area contributed by atoms with Crippen LogP contribution in [0.15, 0.2) is 18.2 Å². The molecule has 70 valence electrons. The Bertz CT molecular complexity index is 336. The summed E-state index contributed by atoms with van der Waals surface area (Å²) in [7, 11) is 0. The molecular formula is C9H8F3N. The van der Waals surface area contributed by atoms with Crippen LogP contribution in [-0.2, 0) is 6.42 Å². The average Bonchev–Trinajstić information content (AvgIpc) is 2.06. The largest absolute Gasteiger partial charge is 0.379 e. The number of halogens is 3. The zero-order chi connectivity index (χ0) is 9.47. The van der Waals surface area contributed by atoms with Gasteiger partial charge in [0, 0.05) is 17.7 Å². The highest BCUT2D eigenvalue weighted by Crippen LogP contribution is 2.31. The van der Waals surface area contributed by atoms with Gasteiger partial charge in [0.05, 0.1) is 6.54 Å². The molecule has 13 heavy (non-hydrogen) atoms. The lowest BCUT2D eigenvalue weighted by Gasteiger charge is -2.25. The number of alkyl halides is 2. The molecule has 0 unspecified atom stereocenters. The van der Waals surface area contributed by atoms with Crippen LogP contribution < -0.4 is 5.32 Å². The summed E-state index contributed by atoms with van der Waals surface area (Å²) in [4.78, 5) is 0. The minimum atomic E-state index is -2.84. The number of fused-ring (bicyclic) bond motifs is 1. The van der Waals surface area contributed by atoms with E-state index in [1.54, 1.807) is 6.07 Å². The Morgan fingerprint density at radius 2 is 2.08 bits per heavy atom. The van der Waals surface area contributed by atoms with Crippen molar-refractivity contribution in [2.75, 3.05) is 11.9 Å². The molecule has 1 aliphatic heterocycles. The number of benzene rings is 1. The lowest BCUT2D eigenvalue weighted by atomic mass is 10.0. The topological polar surface area (TPSA) is 12.0 Å². The SMILES string of the molecule is Fc1cccc2c1CC(F)(F)CN2. The van der Waals surface area contributed by atoms with Gasteiger partial charge >= 0.3 is 0 Å². The summed E-state index contributed by atoms with van der Waals surface area (Å²) < 4.78 is 38.7. The third kappa shape index (κ3) is 1.48. The van der Waals surface area contributed by atoms with Crippen molar-refractivity contribution in [3.05, 3.63) is 29.6 Å². The van der Waals surface area contributed by atoms with Crippen molar-refractivity contribution in [2.24, 2.45) is 0 Å². The smallest absolute Gasteiger partial charge is 0.269 e. The summed E-state index contributed by atoms with van der Waals surface area (Å²) in [5, 5.41) is 2.50. The maximum absolute atomic E-state index is 13.0. The highest BCUT2D eigenvalue weighted by Gasteiger charge is 2.35. The van der Waals surface area contributed by atoms with E-state index in [1.807, 2.05) is 0 Å². The summed E-state index contributed by atoms with van der Waals surface area (Å²) in [5.41, 5.74) is 0.560. The van der Waals surface area contributed by atoms with Crippen LogP contribution in [0.25, 0.3) is 0 Å². The highest BCUT2D eigenvalue weighted by molar-refractivity contribution is 5.54. The lowest BCUT2D eigenvalue weighted by Crippen LogP contribution is -2.34. The van der Waals surface area contributed by atoms with E-state index in [0.29, 0.717) is 5.69 Å². The van der Waals surface area contributed by atoms with E-state index in [9.17, 15) is 13.2 Å². The summed E-state index contributed by atoms with van der Waals surface area (Å²) >= 11 is 0. The molecule has 0 amide bonds. The first-order valence-electron chi connectivity index (χ1n) is 3.98. The van der Waals surface area contributed by atoms with Crippen LogP contribution in [0.5, 0.6) is 0 Å². The number of anilines is 1. The van der Waals surface area contributed by atoms with E-state index in [2.05, 4.69) is 5.32 Å². The van der Waals surface area contributed by atoms with Crippen LogP contribution >= 0.6 is 0 Å². The summed E-state index contributed by atoms with van der Waals surface area (Å²) in [6.45, 7) is -0.413. The van der Waals surface area contributed by atoms with Crippen molar-refractivity contribution in [1.29, 1.82) is 0 Å². The molecule has 0 aliphatic carbocycles. The minimum absolute atomic E-state index is 0.0822. The maximum atomic E-state index is 13.0. The van der Waals surface area contributed by atoms with Crippen LogP contribution in [0, 0.1) is 5.82 Å². The minimum Gasteiger partial charge on any atom is -0.379 e. The standard InChI is InChI=1S/C9H8F3N/c10-7-2-1-3-8-6(7)4-9(11,12)5-13-8/h1-3,13H,4-5H2. The summed E-state index contributed by atoms with van der Waals surface area (Å²) in [6, 6.07) is 4.31. The van der Waals surface area contributed by atoms with Crippen molar-refractivity contribution in [3.63, 3.8) is 0 Å².